The predicted molar refractivity (Wildman–Crippen MR) is 86.8 cm³/mol. The van der Waals surface area contributed by atoms with E-state index in [1.165, 1.54) is 11.1 Å². The fraction of sp³-hybridized carbons (Fsp3) is 0.333. The van der Waals surface area contributed by atoms with Gasteiger partial charge in [-0.2, -0.15) is 0 Å². The van der Waals surface area contributed by atoms with Crippen LogP contribution in [-0.2, 0) is 12.8 Å². The predicted octanol–water partition coefficient (Wildman–Crippen LogP) is 2.26. The normalized spacial score (nSPS) is 16.9. The van der Waals surface area contributed by atoms with Crippen molar-refractivity contribution in [1.29, 1.82) is 0 Å². The standard InChI is InChI=1S/C18H21N3O/c1-2-13-7-5-10-20-17(13)18(22)21-12-16-15-8-4-3-6-14(15)9-11-19-16/h3-8,10,16,19H,2,9,11-12H2,1H3,(H,21,22). The van der Waals surface area contributed by atoms with Crippen LogP contribution >= 0.6 is 0 Å². The van der Waals surface area contributed by atoms with Crippen molar-refractivity contribution in [2.75, 3.05) is 13.1 Å². The molecule has 1 unspecified atom stereocenters. The maximum absolute atomic E-state index is 12.4. The van der Waals surface area contributed by atoms with Gasteiger partial charge in [-0.05, 0) is 42.1 Å². The second-order valence-corrected chi connectivity index (χ2v) is 5.53. The average Bonchev–Trinajstić information content (AvgIpc) is 2.59. The van der Waals surface area contributed by atoms with Crippen LogP contribution in [0.5, 0.6) is 0 Å². The summed E-state index contributed by atoms with van der Waals surface area (Å²) in [5.74, 6) is -0.0951. The van der Waals surface area contributed by atoms with E-state index < -0.39 is 0 Å². The maximum atomic E-state index is 12.4. The van der Waals surface area contributed by atoms with Crippen LogP contribution in [0.4, 0.5) is 0 Å². The number of aryl methyl sites for hydroxylation is 1. The third-order valence-corrected chi connectivity index (χ3v) is 4.17. The Hall–Kier alpha value is -2.20. The number of amides is 1. The molecule has 4 heteroatoms. The molecule has 22 heavy (non-hydrogen) atoms. The molecule has 1 aromatic carbocycles. The first-order chi connectivity index (χ1) is 10.8. The summed E-state index contributed by atoms with van der Waals surface area (Å²) in [6.45, 7) is 3.56. The van der Waals surface area contributed by atoms with E-state index in [-0.39, 0.29) is 11.9 Å². The number of nitrogens with zero attached hydrogens (tertiary/aromatic N) is 1. The summed E-state index contributed by atoms with van der Waals surface area (Å²) in [6, 6.07) is 12.4. The lowest BCUT2D eigenvalue weighted by atomic mass is 9.94. The van der Waals surface area contributed by atoms with Crippen LogP contribution in [0.2, 0.25) is 0 Å². The lowest BCUT2D eigenvalue weighted by Crippen LogP contribution is -2.39. The Balaban J connectivity index is 1.70. The monoisotopic (exact) mass is 295 g/mol. The molecule has 2 heterocycles. The Labute approximate surface area is 131 Å². The first-order valence-electron chi connectivity index (χ1n) is 7.83. The van der Waals surface area contributed by atoms with Crippen LogP contribution in [-0.4, -0.2) is 24.0 Å². The van der Waals surface area contributed by atoms with E-state index in [0.717, 1.165) is 24.9 Å². The van der Waals surface area contributed by atoms with Crippen LogP contribution in [0, 0.1) is 0 Å². The first-order valence-corrected chi connectivity index (χ1v) is 7.83. The quantitative estimate of drug-likeness (QED) is 0.909. The molecule has 0 saturated heterocycles. The molecule has 1 atom stereocenters. The molecule has 0 radical (unpaired) electrons. The SMILES string of the molecule is CCc1cccnc1C(=O)NCC1NCCc2ccccc21. The molecule has 1 aliphatic heterocycles. The van der Waals surface area contributed by atoms with Crippen molar-refractivity contribution >= 4 is 5.91 Å². The van der Waals surface area contributed by atoms with E-state index in [2.05, 4.69) is 39.9 Å². The van der Waals surface area contributed by atoms with Crippen LogP contribution in [0.15, 0.2) is 42.6 Å². The number of fused-ring (bicyclic) bond motifs is 1. The van der Waals surface area contributed by atoms with Gasteiger partial charge >= 0.3 is 0 Å². The Bertz CT molecular complexity index is 669. The number of rotatable bonds is 4. The number of carbonyl (C=O) groups is 1. The van der Waals surface area contributed by atoms with Gasteiger partial charge in [-0.3, -0.25) is 9.78 Å². The van der Waals surface area contributed by atoms with E-state index in [9.17, 15) is 4.79 Å². The van der Waals surface area contributed by atoms with Gasteiger partial charge in [0.25, 0.3) is 5.91 Å². The zero-order valence-corrected chi connectivity index (χ0v) is 12.8. The summed E-state index contributed by atoms with van der Waals surface area (Å²) in [7, 11) is 0. The third kappa shape index (κ3) is 3.02. The Morgan fingerprint density at radius 3 is 3.05 bits per heavy atom. The zero-order valence-electron chi connectivity index (χ0n) is 12.8. The van der Waals surface area contributed by atoms with Crippen molar-refractivity contribution in [2.45, 2.75) is 25.8 Å². The molecule has 0 spiro atoms. The van der Waals surface area contributed by atoms with E-state index in [4.69, 9.17) is 0 Å². The Kier molecular flexibility index (Phi) is 4.49. The minimum atomic E-state index is -0.0951. The van der Waals surface area contributed by atoms with Crippen LogP contribution in [0.3, 0.4) is 0 Å². The molecule has 0 saturated carbocycles. The number of hydrogen-bond acceptors (Lipinski definition) is 3. The number of carbonyl (C=O) groups excluding carboxylic acids is 1. The zero-order chi connectivity index (χ0) is 15.4. The summed E-state index contributed by atoms with van der Waals surface area (Å²) >= 11 is 0. The van der Waals surface area contributed by atoms with Gasteiger partial charge in [0.05, 0.1) is 0 Å². The first kappa shape index (κ1) is 14.7. The van der Waals surface area contributed by atoms with Gasteiger partial charge < -0.3 is 10.6 Å². The Morgan fingerprint density at radius 1 is 1.32 bits per heavy atom. The second-order valence-electron chi connectivity index (χ2n) is 5.53. The highest BCUT2D eigenvalue weighted by molar-refractivity contribution is 5.93. The molecule has 2 aromatic rings. The smallest absolute Gasteiger partial charge is 0.270 e. The molecular formula is C18H21N3O. The van der Waals surface area contributed by atoms with Crippen molar-refractivity contribution < 1.29 is 4.79 Å². The van der Waals surface area contributed by atoms with Gasteiger partial charge in [0.1, 0.15) is 5.69 Å². The summed E-state index contributed by atoms with van der Waals surface area (Å²) in [6.07, 6.45) is 3.52. The highest BCUT2D eigenvalue weighted by Crippen LogP contribution is 2.21. The van der Waals surface area contributed by atoms with Crippen LogP contribution < -0.4 is 10.6 Å². The molecule has 0 aliphatic carbocycles. The summed E-state index contributed by atoms with van der Waals surface area (Å²) < 4.78 is 0. The van der Waals surface area contributed by atoms with Gasteiger partial charge in [-0.25, -0.2) is 0 Å². The van der Waals surface area contributed by atoms with Gasteiger partial charge in [-0.15, -0.1) is 0 Å². The molecular weight excluding hydrogens is 274 g/mol. The number of pyridine rings is 1. The molecule has 1 aliphatic rings. The number of nitrogens with one attached hydrogen (secondary N) is 2. The van der Waals surface area contributed by atoms with E-state index in [1.54, 1.807) is 6.20 Å². The van der Waals surface area contributed by atoms with Crippen molar-refractivity contribution in [3.8, 4) is 0 Å². The lowest BCUT2D eigenvalue weighted by molar-refractivity contribution is 0.0943. The van der Waals surface area contributed by atoms with Crippen molar-refractivity contribution in [2.24, 2.45) is 0 Å². The van der Waals surface area contributed by atoms with Crippen molar-refractivity contribution in [3.63, 3.8) is 0 Å². The van der Waals surface area contributed by atoms with Crippen LogP contribution in [0.1, 0.15) is 40.1 Å². The second kappa shape index (κ2) is 6.71. The number of benzene rings is 1. The summed E-state index contributed by atoms with van der Waals surface area (Å²) in [5, 5.41) is 6.50. The topological polar surface area (TPSA) is 54.0 Å². The number of aromatic nitrogens is 1. The lowest BCUT2D eigenvalue weighted by Gasteiger charge is -2.27. The molecule has 1 amide bonds. The van der Waals surface area contributed by atoms with E-state index >= 15 is 0 Å². The minimum Gasteiger partial charge on any atom is -0.349 e. The molecule has 2 N–H and O–H groups in total. The molecule has 0 fully saturated rings. The van der Waals surface area contributed by atoms with Gasteiger partial charge in [0, 0.05) is 18.8 Å². The van der Waals surface area contributed by atoms with E-state index in [1.807, 2.05) is 19.1 Å². The van der Waals surface area contributed by atoms with Crippen LogP contribution in [0.25, 0.3) is 0 Å². The molecule has 0 bridgehead atoms. The average molecular weight is 295 g/mol. The summed E-state index contributed by atoms with van der Waals surface area (Å²) in [4.78, 5) is 16.6. The van der Waals surface area contributed by atoms with Gasteiger partial charge in [-0.1, -0.05) is 37.3 Å². The Morgan fingerprint density at radius 2 is 2.18 bits per heavy atom. The molecule has 3 rings (SSSR count). The molecule has 1 aromatic heterocycles. The molecule has 4 nitrogen and oxygen atoms in total. The van der Waals surface area contributed by atoms with E-state index in [0.29, 0.717) is 12.2 Å². The van der Waals surface area contributed by atoms with Crippen molar-refractivity contribution in [3.05, 3.63) is 65.0 Å². The fourth-order valence-electron chi connectivity index (χ4n) is 2.98. The minimum absolute atomic E-state index is 0.0951. The summed E-state index contributed by atoms with van der Waals surface area (Å²) in [5.41, 5.74) is 4.17. The maximum Gasteiger partial charge on any atom is 0.270 e. The highest BCUT2D eigenvalue weighted by Gasteiger charge is 2.20. The highest BCUT2D eigenvalue weighted by atomic mass is 16.1. The third-order valence-electron chi connectivity index (χ3n) is 4.17. The largest absolute Gasteiger partial charge is 0.349 e. The van der Waals surface area contributed by atoms with Crippen molar-refractivity contribution in [1.82, 2.24) is 15.6 Å². The number of hydrogen-bond donors (Lipinski definition) is 2. The van der Waals surface area contributed by atoms with Gasteiger partial charge in [0.2, 0.25) is 0 Å². The molecule has 114 valence electrons. The fourth-order valence-corrected chi connectivity index (χ4v) is 2.98. The van der Waals surface area contributed by atoms with Gasteiger partial charge in [0.15, 0.2) is 0 Å².